The van der Waals surface area contributed by atoms with Crippen molar-refractivity contribution in [2.75, 3.05) is 32.7 Å². The molecular weight excluding hydrogens is 186 g/mol. The summed E-state index contributed by atoms with van der Waals surface area (Å²) in [4.78, 5) is 5.31. The minimum Gasteiger partial charge on any atom is -0.328 e. The van der Waals surface area contributed by atoms with Crippen LogP contribution >= 0.6 is 0 Å². The van der Waals surface area contributed by atoms with Crippen LogP contribution in [0.4, 0.5) is 0 Å². The number of nitrogens with two attached hydrogens (primary N) is 1. The van der Waals surface area contributed by atoms with E-state index < -0.39 is 0 Å². The van der Waals surface area contributed by atoms with E-state index in [4.69, 9.17) is 5.73 Å². The van der Waals surface area contributed by atoms with Crippen LogP contribution in [0.3, 0.4) is 0 Å². The number of hydrogen-bond donors (Lipinski definition) is 1. The van der Waals surface area contributed by atoms with E-state index in [9.17, 15) is 0 Å². The summed E-state index contributed by atoms with van der Waals surface area (Å²) in [7, 11) is 0. The van der Waals surface area contributed by atoms with Crippen LogP contribution in [0.15, 0.2) is 0 Å². The summed E-state index contributed by atoms with van der Waals surface area (Å²) < 4.78 is 0. The SMILES string of the molecule is CC(N)CCN1CCCN2CCCC2C1. The molecule has 0 saturated carbocycles. The van der Waals surface area contributed by atoms with Crippen molar-refractivity contribution >= 4 is 0 Å². The van der Waals surface area contributed by atoms with Gasteiger partial charge in [0.2, 0.25) is 0 Å². The molecule has 0 aromatic rings. The van der Waals surface area contributed by atoms with Gasteiger partial charge in [-0.2, -0.15) is 0 Å². The van der Waals surface area contributed by atoms with Crippen molar-refractivity contribution in [2.24, 2.45) is 5.73 Å². The van der Waals surface area contributed by atoms with Crippen LogP contribution < -0.4 is 5.73 Å². The van der Waals surface area contributed by atoms with Gasteiger partial charge in [-0.05, 0) is 58.8 Å². The van der Waals surface area contributed by atoms with Crippen LogP contribution in [0.25, 0.3) is 0 Å². The molecule has 0 spiro atoms. The fourth-order valence-electron chi connectivity index (χ4n) is 2.87. The van der Waals surface area contributed by atoms with Crippen LogP contribution in [-0.4, -0.2) is 54.6 Å². The Bertz CT molecular complexity index is 193. The highest BCUT2D eigenvalue weighted by Gasteiger charge is 2.28. The predicted molar refractivity (Wildman–Crippen MR) is 63.9 cm³/mol. The Balaban J connectivity index is 1.80. The monoisotopic (exact) mass is 211 g/mol. The largest absolute Gasteiger partial charge is 0.328 e. The lowest BCUT2D eigenvalue weighted by atomic mass is 10.2. The van der Waals surface area contributed by atoms with Crippen molar-refractivity contribution in [3.8, 4) is 0 Å². The Kier molecular flexibility index (Phi) is 4.00. The van der Waals surface area contributed by atoms with Gasteiger partial charge in [0.05, 0.1) is 0 Å². The normalized spacial score (nSPS) is 31.2. The maximum absolute atomic E-state index is 5.82. The Morgan fingerprint density at radius 3 is 2.87 bits per heavy atom. The molecule has 0 aliphatic carbocycles. The van der Waals surface area contributed by atoms with Crippen molar-refractivity contribution in [1.29, 1.82) is 0 Å². The third-order valence-electron chi connectivity index (χ3n) is 3.79. The van der Waals surface area contributed by atoms with Crippen molar-refractivity contribution in [3.05, 3.63) is 0 Å². The molecular formula is C12H25N3. The van der Waals surface area contributed by atoms with Gasteiger partial charge in [-0.1, -0.05) is 0 Å². The summed E-state index contributed by atoms with van der Waals surface area (Å²) in [5, 5.41) is 0. The first-order chi connectivity index (χ1) is 7.25. The average molecular weight is 211 g/mol. The smallest absolute Gasteiger partial charge is 0.0223 e. The quantitative estimate of drug-likeness (QED) is 0.752. The molecule has 2 aliphatic rings. The summed E-state index contributed by atoms with van der Waals surface area (Å²) >= 11 is 0. The van der Waals surface area contributed by atoms with E-state index in [0.29, 0.717) is 6.04 Å². The van der Waals surface area contributed by atoms with Crippen LogP contribution in [0, 0.1) is 0 Å². The molecule has 2 heterocycles. The van der Waals surface area contributed by atoms with Gasteiger partial charge in [0.15, 0.2) is 0 Å². The predicted octanol–water partition coefficient (Wildman–Crippen LogP) is 0.894. The minimum atomic E-state index is 0.355. The average Bonchev–Trinajstić information content (AvgIpc) is 2.53. The van der Waals surface area contributed by atoms with E-state index >= 15 is 0 Å². The molecule has 2 unspecified atom stereocenters. The van der Waals surface area contributed by atoms with Gasteiger partial charge in [-0.3, -0.25) is 4.90 Å². The molecule has 2 rings (SSSR count). The zero-order chi connectivity index (χ0) is 10.7. The first kappa shape index (κ1) is 11.4. The van der Waals surface area contributed by atoms with Gasteiger partial charge in [0, 0.05) is 18.6 Å². The zero-order valence-electron chi connectivity index (χ0n) is 9.99. The van der Waals surface area contributed by atoms with Crippen molar-refractivity contribution in [3.63, 3.8) is 0 Å². The molecule has 88 valence electrons. The third kappa shape index (κ3) is 3.16. The molecule has 2 saturated heterocycles. The highest BCUT2D eigenvalue weighted by molar-refractivity contribution is 4.85. The molecule has 15 heavy (non-hydrogen) atoms. The molecule has 2 atom stereocenters. The third-order valence-corrected chi connectivity index (χ3v) is 3.79. The number of hydrogen-bond acceptors (Lipinski definition) is 3. The topological polar surface area (TPSA) is 32.5 Å². The Hall–Kier alpha value is -0.120. The number of nitrogens with zero attached hydrogens (tertiary/aromatic N) is 2. The lowest BCUT2D eigenvalue weighted by Crippen LogP contribution is -2.38. The minimum absolute atomic E-state index is 0.355. The number of rotatable bonds is 3. The second-order valence-corrected chi connectivity index (χ2v) is 5.25. The fourth-order valence-corrected chi connectivity index (χ4v) is 2.87. The molecule has 2 N–H and O–H groups in total. The van der Waals surface area contributed by atoms with Gasteiger partial charge in [0.1, 0.15) is 0 Å². The zero-order valence-corrected chi connectivity index (χ0v) is 9.99. The molecule has 0 amide bonds. The molecule has 3 heteroatoms. The van der Waals surface area contributed by atoms with Crippen molar-refractivity contribution in [2.45, 2.75) is 44.7 Å². The molecule has 0 radical (unpaired) electrons. The van der Waals surface area contributed by atoms with E-state index in [-0.39, 0.29) is 0 Å². The lowest BCUT2D eigenvalue weighted by molar-refractivity contribution is 0.216. The van der Waals surface area contributed by atoms with Crippen molar-refractivity contribution in [1.82, 2.24) is 9.80 Å². The van der Waals surface area contributed by atoms with Gasteiger partial charge in [-0.25, -0.2) is 0 Å². The van der Waals surface area contributed by atoms with Gasteiger partial charge in [0.25, 0.3) is 0 Å². The second-order valence-electron chi connectivity index (χ2n) is 5.25. The second kappa shape index (κ2) is 5.28. The first-order valence-corrected chi connectivity index (χ1v) is 6.47. The van der Waals surface area contributed by atoms with Crippen LogP contribution in [-0.2, 0) is 0 Å². The Labute approximate surface area is 93.6 Å². The van der Waals surface area contributed by atoms with E-state index in [0.717, 1.165) is 12.5 Å². The number of fused-ring (bicyclic) bond motifs is 1. The van der Waals surface area contributed by atoms with Gasteiger partial charge in [-0.15, -0.1) is 0 Å². The molecule has 0 aromatic carbocycles. The van der Waals surface area contributed by atoms with E-state index in [1.54, 1.807) is 0 Å². The Morgan fingerprint density at radius 1 is 1.27 bits per heavy atom. The highest BCUT2D eigenvalue weighted by atomic mass is 15.3. The summed E-state index contributed by atoms with van der Waals surface area (Å²) in [6.45, 7) is 8.53. The van der Waals surface area contributed by atoms with Crippen LogP contribution in [0.5, 0.6) is 0 Å². The lowest BCUT2D eigenvalue weighted by Gasteiger charge is -2.25. The van der Waals surface area contributed by atoms with E-state index in [1.807, 2.05) is 0 Å². The van der Waals surface area contributed by atoms with Crippen LogP contribution in [0.2, 0.25) is 0 Å². The summed E-state index contributed by atoms with van der Waals surface area (Å²) in [6, 6.07) is 1.20. The van der Waals surface area contributed by atoms with E-state index in [1.165, 1.54) is 52.0 Å². The fraction of sp³-hybridized carbons (Fsp3) is 1.00. The van der Waals surface area contributed by atoms with E-state index in [2.05, 4.69) is 16.7 Å². The molecule has 0 bridgehead atoms. The maximum atomic E-state index is 5.82. The molecule has 2 aliphatic heterocycles. The van der Waals surface area contributed by atoms with Crippen LogP contribution in [0.1, 0.15) is 32.6 Å². The molecule has 2 fully saturated rings. The standard InChI is InChI=1S/C12H25N3/c1-11(13)5-9-14-6-3-8-15-7-2-4-12(15)10-14/h11-12H,2-10,13H2,1H3. The summed E-state index contributed by atoms with van der Waals surface area (Å²) in [6.07, 6.45) is 5.31. The van der Waals surface area contributed by atoms with Crippen molar-refractivity contribution < 1.29 is 0 Å². The van der Waals surface area contributed by atoms with Gasteiger partial charge >= 0.3 is 0 Å². The first-order valence-electron chi connectivity index (χ1n) is 6.47. The summed E-state index contributed by atoms with van der Waals surface area (Å²) in [5.74, 6) is 0. The maximum Gasteiger partial charge on any atom is 0.0223 e. The summed E-state index contributed by atoms with van der Waals surface area (Å²) in [5.41, 5.74) is 5.82. The van der Waals surface area contributed by atoms with Gasteiger partial charge < -0.3 is 10.6 Å². The Morgan fingerprint density at radius 2 is 2.07 bits per heavy atom. The molecule has 3 nitrogen and oxygen atoms in total. The molecule has 0 aromatic heterocycles. The highest BCUT2D eigenvalue weighted by Crippen LogP contribution is 2.21.